The fourth-order valence-corrected chi connectivity index (χ4v) is 2.25. The highest BCUT2D eigenvalue weighted by atomic mass is 16.4. The number of nitrogens with one attached hydrogen (secondary N) is 1. The van der Waals surface area contributed by atoms with Gasteiger partial charge in [-0.2, -0.15) is 0 Å². The summed E-state index contributed by atoms with van der Waals surface area (Å²) in [5.74, 6) is 1.28. The number of aliphatic hydroxyl groups is 1. The van der Waals surface area contributed by atoms with Gasteiger partial charge in [-0.25, -0.2) is 0 Å². The van der Waals surface area contributed by atoms with E-state index in [1.165, 1.54) is 12.8 Å². The van der Waals surface area contributed by atoms with Crippen LogP contribution in [0.1, 0.15) is 51.9 Å². The fourth-order valence-electron chi connectivity index (χ4n) is 2.25. The van der Waals surface area contributed by atoms with E-state index in [0.29, 0.717) is 24.3 Å². The maximum absolute atomic E-state index is 9.91. The van der Waals surface area contributed by atoms with Gasteiger partial charge in [0.15, 0.2) is 0 Å². The van der Waals surface area contributed by atoms with Crippen LogP contribution in [-0.2, 0) is 0 Å². The van der Waals surface area contributed by atoms with Crippen LogP contribution < -0.4 is 5.32 Å². The normalized spacial score (nSPS) is 16.7. The number of rotatable bonds is 8. The van der Waals surface area contributed by atoms with E-state index in [1.54, 1.807) is 12.3 Å². The molecular weight excluding hydrogens is 214 g/mol. The molecule has 17 heavy (non-hydrogen) atoms. The fraction of sp³-hybridized carbons (Fsp3) is 0.714. The maximum atomic E-state index is 9.91. The predicted molar refractivity (Wildman–Crippen MR) is 69.8 cm³/mol. The molecule has 0 spiro atoms. The van der Waals surface area contributed by atoms with E-state index in [9.17, 15) is 5.11 Å². The molecule has 3 unspecified atom stereocenters. The molecule has 0 bridgehead atoms. The van der Waals surface area contributed by atoms with Gasteiger partial charge in [-0.05, 0) is 30.9 Å². The average molecular weight is 239 g/mol. The van der Waals surface area contributed by atoms with Crippen LogP contribution in [0.15, 0.2) is 22.8 Å². The SMILES string of the molecule is CCCC(C)C(CC)NCC(O)c1ccco1. The van der Waals surface area contributed by atoms with Crippen molar-refractivity contribution in [2.75, 3.05) is 6.54 Å². The lowest BCUT2D eigenvalue weighted by atomic mass is 9.95. The summed E-state index contributed by atoms with van der Waals surface area (Å²) in [5, 5.41) is 13.3. The van der Waals surface area contributed by atoms with E-state index in [4.69, 9.17) is 4.42 Å². The highest BCUT2D eigenvalue weighted by molar-refractivity contribution is 5.02. The summed E-state index contributed by atoms with van der Waals surface area (Å²) in [6.07, 6.45) is 4.57. The van der Waals surface area contributed by atoms with Crippen LogP contribution in [0.3, 0.4) is 0 Å². The Morgan fingerprint density at radius 3 is 2.71 bits per heavy atom. The van der Waals surface area contributed by atoms with E-state index in [1.807, 2.05) is 6.07 Å². The van der Waals surface area contributed by atoms with Gasteiger partial charge in [0, 0.05) is 12.6 Å². The first-order chi connectivity index (χ1) is 8.19. The zero-order chi connectivity index (χ0) is 12.7. The van der Waals surface area contributed by atoms with Crippen LogP contribution in [0.2, 0.25) is 0 Å². The second-order valence-electron chi connectivity index (χ2n) is 4.72. The van der Waals surface area contributed by atoms with Crippen molar-refractivity contribution in [1.82, 2.24) is 5.32 Å². The number of furan rings is 1. The van der Waals surface area contributed by atoms with Gasteiger partial charge in [-0.3, -0.25) is 0 Å². The third-order valence-electron chi connectivity index (χ3n) is 3.32. The quantitative estimate of drug-likeness (QED) is 0.732. The summed E-state index contributed by atoms with van der Waals surface area (Å²) in [4.78, 5) is 0. The molecule has 1 rings (SSSR count). The molecule has 0 fully saturated rings. The van der Waals surface area contributed by atoms with Crippen molar-refractivity contribution in [2.45, 2.75) is 52.2 Å². The molecule has 0 aliphatic rings. The molecule has 3 atom stereocenters. The largest absolute Gasteiger partial charge is 0.467 e. The summed E-state index contributed by atoms with van der Waals surface area (Å²) in [6.45, 7) is 7.22. The molecule has 0 aliphatic heterocycles. The Morgan fingerprint density at radius 2 is 2.18 bits per heavy atom. The molecule has 0 amide bonds. The number of hydrogen-bond acceptors (Lipinski definition) is 3. The molecule has 2 N–H and O–H groups in total. The minimum atomic E-state index is -0.548. The van der Waals surface area contributed by atoms with Crippen LogP contribution in [0, 0.1) is 5.92 Å². The summed E-state index contributed by atoms with van der Waals surface area (Å²) in [7, 11) is 0. The predicted octanol–water partition coefficient (Wildman–Crippen LogP) is 3.12. The standard InChI is InChI=1S/C14H25NO2/c1-4-7-11(3)12(5-2)15-10-13(16)14-8-6-9-17-14/h6,8-9,11-13,15-16H,4-5,7,10H2,1-3H3. The van der Waals surface area contributed by atoms with Crippen LogP contribution >= 0.6 is 0 Å². The zero-order valence-corrected chi connectivity index (χ0v) is 11.1. The second-order valence-corrected chi connectivity index (χ2v) is 4.72. The van der Waals surface area contributed by atoms with Crippen molar-refractivity contribution >= 4 is 0 Å². The molecule has 3 heteroatoms. The van der Waals surface area contributed by atoms with Gasteiger partial charge in [0.1, 0.15) is 11.9 Å². The average Bonchev–Trinajstić information content (AvgIpc) is 2.83. The topological polar surface area (TPSA) is 45.4 Å². The molecule has 0 saturated heterocycles. The molecule has 0 saturated carbocycles. The monoisotopic (exact) mass is 239 g/mol. The van der Waals surface area contributed by atoms with Crippen molar-refractivity contribution in [1.29, 1.82) is 0 Å². The Hall–Kier alpha value is -0.800. The molecule has 3 nitrogen and oxygen atoms in total. The third-order valence-corrected chi connectivity index (χ3v) is 3.32. The number of hydrogen-bond donors (Lipinski definition) is 2. The van der Waals surface area contributed by atoms with Gasteiger partial charge in [0.05, 0.1) is 6.26 Å². The van der Waals surface area contributed by atoms with Gasteiger partial charge >= 0.3 is 0 Å². The molecule has 1 heterocycles. The van der Waals surface area contributed by atoms with Gasteiger partial charge in [0.2, 0.25) is 0 Å². The molecular formula is C14H25NO2. The van der Waals surface area contributed by atoms with Crippen molar-refractivity contribution in [3.8, 4) is 0 Å². The summed E-state index contributed by atoms with van der Waals surface area (Å²) >= 11 is 0. The Balaban J connectivity index is 2.37. The Bertz CT molecular complexity index is 284. The summed E-state index contributed by atoms with van der Waals surface area (Å²) in [5.41, 5.74) is 0. The molecule has 0 aliphatic carbocycles. The first kappa shape index (κ1) is 14.3. The van der Waals surface area contributed by atoms with Crippen LogP contribution in [0.25, 0.3) is 0 Å². The smallest absolute Gasteiger partial charge is 0.133 e. The van der Waals surface area contributed by atoms with E-state index >= 15 is 0 Å². The van der Waals surface area contributed by atoms with Crippen molar-refractivity contribution in [3.63, 3.8) is 0 Å². The molecule has 0 aromatic carbocycles. The Labute approximate surface area is 104 Å². The summed E-state index contributed by atoms with van der Waals surface area (Å²) in [6, 6.07) is 4.08. The van der Waals surface area contributed by atoms with E-state index in [2.05, 4.69) is 26.1 Å². The molecule has 98 valence electrons. The summed E-state index contributed by atoms with van der Waals surface area (Å²) < 4.78 is 5.18. The van der Waals surface area contributed by atoms with E-state index < -0.39 is 6.10 Å². The van der Waals surface area contributed by atoms with Crippen LogP contribution in [0.4, 0.5) is 0 Å². The minimum absolute atomic E-state index is 0.472. The lowest BCUT2D eigenvalue weighted by molar-refractivity contribution is 0.138. The first-order valence-electron chi connectivity index (χ1n) is 6.63. The van der Waals surface area contributed by atoms with Crippen molar-refractivity contribution in [3.05, 3.63) is 24.2 Å². The first-order valence-corrected chi connectivity index (χ1v) is 6.63. The van der Waals surface area contributed by atoms with E-state index in [-0.39, 0.29) is 0 Å². The van der Waals surface area contributed by atoms with Crippen LogP contribution in [0.5, 0.6) is 0 Å². The van der Waals surface area contributed by atoms with Gasteiger partial charge < -0.3 is 14.8 Å². The Morgan fingerprint density at radius 1 is 1.41 bits per heavy atom. The highest BCUT2D eigenvalue weighted by Gasteiger charge is 2.17. The third kappa shape index (κ3) is 4.52. The van der Waals surface area contributed by atoms with Gasteiger partial charge in [-0.15, -0.1) is 0 Å². The highest BCUT2D eigenvalue weighted by Crippen LogP contribution is 2.16. The number of aliphatic hydroxyl groups excluding tert-OH is 1. The molecule has 1 aromatic heterocycles. The lowest BCUT2D eigenvalue weighted by Crippen LogP contribution is -2.37. The minimum Gasteiger partial charge on any atom is -0.467 e. The Kier molecular flexibility index (Phi) is 6.30. The zero-order valence-electron chi connectivity index (χ0n) is 11.1. The van der Waals surface area contributed by atoms with Gasteiger partial charge in [0.25, 0.3) is 0 Å². The lowest BCUT2D eigenvalue weighted by Gasteiger charge is -2.24. The van der Waals surface area contributed by atoms with Crippen molar-refractivity contribution in [2.24, 2.45) is 5.92 Å². The molecule has 0 radical (unpaired) electrons. The second kappa shape index (κ2) is 7.51. The van der Waals surface area contributed by atoms with Crippen molar-refractivity contribution < 1.29 is 9.52 Å². The van der Waals surface area contributed by atoms with Crippen LogP contribution in [-0.4, -0.2) is 17.7 Å². The van der Waals surface area contributed by atoms with E-state index in [0.717, 1.165) is 6.42 Å². The maximum Gasteiger partial charge on any atom is 0.133 e. The van der Waals surface area contributed by atoms with Gasteiger partial charge in [-0.1, -0.05) is 27.2 Å². The molecule has 1 aromatic rings.